The Morgan fingerprint density at radius 3 is 1.07 bits per heavy atom. The van der Waals surface area contributed by atoms with Crippen LogP contribution in [0.25, 0.3) is 66.5 Å². The van der Waals surface area contributed by atoms with Crippen molar-refractivity contribution < 1.29 is 43.2 Å². The van der Waals surface area contributed by atoms with E-state index in [0.717, 1.165) is 132 Å². The number of carboxylic acids is 1. The minimum absolute atomic E-state index is 0.442. The normalized spacial score (nSPS) is 13.1. The molecule has 2 N–H and O–H groups in total. The van der Waals surface area contributed by atoms with E-state index < -0.39 is 53.0 Å². The second-order valence-electron chi connectivity index (χ2n) is 28.8. The molecule has 15 nitrogen and oxygen atoms in total. The third-order valence-corrected chi connectivity index (χ3v) is 17.9. The van der Waals surface area contributed by atoms with Gasteiger partial charge >= 0.3 is 17.9 Å². The molecule has 0 aliphatic heterocycles. The molecule has 0 aliphatic rings. The zero-order valence-corrected chi connectivity index (χ0v) is 63.0. The molecular weight excluding hydrogens is 1270 g/mol. The molecule has 6 aromatic heterocycles. The first-order chi connectivity index (χ1) is 44.7. The fraction of sp³-hybridized carbons (Fsp3) is 0.462. The summed E-state index contributed by atoms with van der Waals surface area (Å²) in [6.45, 7) is 46.0. The topological polar surface area (TPSA) is 182 Å². The summed E-state index contributed by atoms with van der Waals surface area (Å²) in [6.07, 6.45) is -0.871. The molecule has 3 unspecified atom stereocenters. The van der Waals surface area contributed by atoms with Crippen LogP contribution in [-0.4, -0.2) is 83.1 Å². The van der Waals surface area contributed by atoms with Crippen LogP contribution in [0.5, 0.6) is 0 Å². The number of carbonyl (C=O) groups excluding carboxylic acids is 2. The number of carboxylic acid groups (broad SMARTS) is 1. The minimum atomic E-state index is -1.15. The molecule has 0 saturated carbocycles. The summed E-state index contributed by atoms with van der Waals surface area (Å²) in [7, 11) is 2.76. The molecule has 0 radical (unpaired) electrons. The molecule has 9 aromatic rings. The van der Waals surface area contributed by atoms with Gasteiger partial charge in [-0.05, 0) is 219 Å². The highest BCUT2D eigenvalue weighted by molar-refractivity contribution is 6.31. The van der Waals surface area contributed by atoms with Crippen molar-refractivity contribution in [2.24, 2.45) is 11.8 Å². The van der Waals surface area contributed by atoms with Gasteiger partial charge in [0.15, 0.2) is 18.3 Å². The molecule has 18 heteroatoms. The van der Waals surface area contributed by atoms with E-state index in [9.17, 15) is 19.5 Å². The van der Waals surface area contributed by atoms with Crippen molar-refractivity contribution >= 4 is 85.8 Å². The Kier molecular flexibility index (Phi) is 24.4. The molecule has 0 fully saturated rings. The van der Waals surface area contributed by atoms with Crippen molar-refractivity contribution in [3.05, 3.63) is 155 Å². The Labute approximate surface area is 582 Å². The van der Waals surface area contributed by atoms with Crippen LogP contribution in [0.2, 0.25) is 15.1 Å². The van der Waals surface area contributed by atoms with Crippen molar-refractivity contribution in [3.8, 4) is 33.4 Å². The Hall–Kier alpha value is -7.11. The summed E-state index contributed by atoms with van der Waals surface area (Å²) in [5.74, 6) is -0.780. The molecule has 0 aliphatic carbocycles. The first-order valence-electron chi connectivity index (χ1n) is 32.9. The molecule has 3 atom stereocenters. The number of aromatic amines is 1. The first-order valence-corrected chi connectivity index (χ1v) is 34.0. The lowest BCUT2D eigenvalue weighted by Gasteiger charge is -2.29. The average Bonchev–Trinajstić information content (AvgIpc) is 1.53. The Morgan fingerprint density at radius 1 is 0.469 bits per heavy atom. The molecule has 0 amide bonds. The summed E-state index contributed by atoms with van der Waals surface area (Å²) in [6, 6.07) is 22.9. The predicted octanol–water partition coefficient (Wildman–Crippen LogP) is 20.5. The van der Waals surface area contributed by atoms with E-state index in [2.05, 4.69) is 69.5 Å². The van der Waals surface area contributed by atoms with Crippen molar-refractivity contribution in [1.29, 1.82) is 0 Å². The molecule has 0 bridgehead atoms. The molecule has 9 rings (SSSR count). The maximum absolute atomic E-state index is 13.0. The Morgan fingerprint density at radius 2 is 0.771 bits per heavy atom. The van der Waals surface area contributed by atoms with Crippen LogP contribution in [0, 0.1) is 74.1 Å². The number of rotatable bonds is 18. The smallest absolute Gasteiger partial charge is 0.339 e. The number of halogens is 3. The van der Waals surface area contributed by atoms with E-state index in [1.165, 1.54) is 19.9 Å². The van der Waals surface area contributed by atoms with Crippen molar-refractivity contribution in [3.63, 3.8) is 0 Å². The number of aliphatic carboxylic acids is 1. The van der Waals surface area contributed by atoms with Crippen LogP contribution in [0.1, 0.15) is 189 Å². The maximum atomic E-state index is 13.0. The van der Waals surface area contributed by atoms with Gasteiger partial charge in [-0.25, -0.2) is 29.3 Å². The van der Waals surface area contributed by atoms with E-state index >= 15 is 0 Å². The fourth-order valence-electron chi connectivity index (χ4n) is 12.2. The Bertz CT molecular complexity index is 4290. The zero-order valence-electron chi connectivity index (χ0n) is 60.7. The summed E-state index contributed by atoms with van der Waals surface area (Å²) >= 11 is 18.5. The standard InChI is InChI=1S/C28H37ClN2O3.C27H35ClN2O3.C23H27ClN2O3/c1-16(2)14-15-31-19(5)17(3)22-24(20-10-12-21(29)13-11-20)23(18(4)30-26(22)31)25(27(32)33-9)34-28(6,7)8;1-15(2)13-14-30-18(5)16(3)21-23(19-9-11-20(28)12-10-19)22(17(4)29-25(21)30)24(26(31)32)33-27(6,7)8;1-12-13(2)25-21-17(12)19(15-8-10-16(24)11-9-15)18(14(3)26-21)20(22(27)28-7)29-23(4,5)6/h10-13,16,25H,14-15H2,1-9H3;9-12,15,24H,13-14H2,1-8H3,(H,31,32);8-11,20H,1-7H3,(H,25,26). The van der Waals surface area contributed by atoms with E-state index in [1.54, 1.807) is 0 Å². The molecule has 0 spiro atoms. The number of hydrogen-bond acceptors (Lipinski definition) is 11. The Balaban J connectivity index is 0.000000204. The lowest BCUT2D eigenvalue weighted by Crippen LogP contribution is -2.29. The number of aromatic nitrogens is 6. The van der Waals surface area contributed by atoms with E-state index in [1.807, 2.05) is 170 Å². The van der Waals surface area contributed by atoms with Gasteiger partial charge in [0.25, 0.3) is 0 Å². The summed E-state index contributed by atoms with van der Waals surface area (Å²) < 4.78 is 33.4. The van der Waals surface area contributed by atoms with E-state index in [0.29, 0.717) is 49.4 Å². The van der Waals surface area contributed by atoms with Gasteiger partial charge in [0.1, 0.15) is 16.9 Å². The molecule has 6 heterocycles. The largest absolute Gasteiger partial charge is 0.479 e. The number of nitrogens with one attached hydrogen (secondary N) is 1. The highest BCUT2D eigenvalue weighted by Gasteiger charge is 2.38. The number of esters is 2. The second-order valence-corrected chi connectivity index (χ2v) is 30.1. The number of aryl methyl sites for hydroxylation is 9. The molecule has 3 aromatic carbocycles. The van der Waals surface area contributed by atoms with Gasteiger partial charge in [0, 0.05) is 112 Å². The van der Waals surface area contributed by atoms with Crippen molar-refractivity contribution in [2.75, 3.05) is 14.2 Å². The van der Waals surface area contributed by atoms with Crippen LogP contribution in [-0.2, 0) is 51.2 Å². The number of benzene rings is 3. The SMILES string of the molecule is COC(=O)C(OC(C)(C)C)c1c(C)nc2[nH]c(C)c(C)c2c1-c1ccc(Cl)cc1.COC(=O)C(OC(C)(C)C)c1c(C)nc2c(c(C)c(C)n2CCC(C)C)c1-c1ccc(Cl)cc1.Cc1nc2c(c(C)c(C)n2CCC(C)C)c(-c2ccc(Cl)cc2)c1C(OC(C)(C)C)C(=O)O. The monoisotopic (exact) mass is 1370 g/mol. The number of fused-ring (bicyclic) bond motifs is 3. The summed E-state index contributed by atoms with van der Waals surface area (Å²) in [5, 5.41) is 15.1. The summed E-state index contributed by atoms with van der Waals surface area (Å²) in [4.78, 5) is 56.4. The third-order valence-electron chi connectivity index (χ3n) is 17.2. The quantitative estimate of drug-likeness (QED) is 0.0777. The van der Waals surface area contributed by atoms with Crippen LogP contribution >= 0.6 is 34.8 Å². The van der Waals surface area contributed by atoms with Crippen molar-refractivity contribution in [2.45, 2.75) is 213 Å². The lowest BCUT2D eigenvalue weighted by molar-refractivity contribution is -0.164. The van der Waals surface area contributed by atoms with Gasteiger partial charge in [-0.3, -0.25) is 0 Å². The highest BCUT2D eigenvalue weighted by atomic mass is 35.5. The van der Waals surface area contributed by atoms with E-state index in [-0.39, 0.29) is 0 Å². The number of carbonyl (C=O) groups is 3. The molecule has 96 heavy (non-hydrogen) atoms. The number of nitrogens with zero attached hydrogens (tertiary/aromatic N) is 5. The second kappa shape index (κ2) is 30.8. The predicted molar refractivity (Wildman–Crippen MR) is 391 cm³/mol. The van der Waals surface area contributed by atoms with Gasteiger partial charge < -0.3 is 42.9 Å². The fourth-order valence-corrected chi connectivity index (χ4v) is 12.6. The van der Waals surface area contributed by atoms with E-state index in [4.69, 9.17) is 73.4 Å². The molecule has 0 saturated heterocycles. The highest BCUT2D eigenvalue weighted by Crippen LogP contribution is 2.46. The maximum Gasteiger partial charge on any atom is 0.339 e. The molecule has 516 valence electrons. The summed E-state index contributed by atoms with van der Waals surface area (Å²) in [5.41, 5.74) is 17.2. The van der Waals surface area contributed by atoms with Gasteiger partial charge in [-0.1, -0.05) is 98.9 Å². The minimum Gasteiger partial charge on any atom is -0.479 e. The van der Waals surface area contributed by atoms with Crippen LogP contribution < -0.4 is 0 Å². The third kappa shape index (κ3) is 17.4. The average molecular weight is 1370 g/mol. The lowest BCUT2D eigenvalue weighted by atomic mass is 9.91. The number of hydrogen-bond donors (Lipinski definition) is 2. The zero-order chi connectivity index (χ0) is 71.5. The van der Waals surface area contributed by atoms with Crippen LogP contribution in [0.4, 0.5) is 0 Å². The first kappa shape index (κ1) is 76.3. The van der Waals surface area contributed by atoms with Crippen LogP contribution in [0.3, 0.4) is 0 Å². The van der Waals surface area contributed by atoms with Gasteiger partial charge in [-0.2, -0.15) is 0 Å². The van der Waals surface area contributed by atoms with Crippen LogP contribution in [0.15, 0.2) is 72.8 Å². The number of ether oxygens (including phenoxy) is 5. The number of pyridine rings is 3. The number of methoxy groups -OCH3 is 2. The van der Waals surface area contributed by atoms with Crippen molar-refractivity contribution in [1.82, 2.24) is 29.1 Å². The molecular formula is C78H99Cl3N6O9. The van der Waals surface area contributed by atoms with Gasteiger partial charge in [0.2, 0.25) is 0 Å². The van der Waals surface area contributed by atoms with Gasteiger partial charge in [-0.15, -0.1) is 0 Å². The number of H-pyrrole nitrogens is 1. The van der Waals surface area contributed by atoms with Gasteiger partial charge in [0.05, 0.1) is 31.0 Å².